The summed E-state index contributed by atoms with van der Waals surface area (Å²) in [5.74, 6) is -0.357. The third kappa shape index (κ3) is 7.82. The van der Waals surface area contributed by atoms with E-state index in [9.17, 15) is 23.1 Å². The van der Waals surface area contributed by atoms with Crippen LogP contribution in [0.3, 0.4) is 0 Å². The Hall–Kier alpha value is -2.95. The van der Waals surface area contributed by atoms with Crippen molar-refractivity contribution in [2.24, 2.45) is 5.73 Å². The zero-order valence-corrected chi connectivity index (χ0v) is 16.7. The predicted octanol–water partition coefficient (Wildman–Crippen LogP) is 5.06. The zero-order chi connectivity index (χ0) is 22.9. The SMILES string of the molecule is FC(F)(F)OS.N=Cc1ccc(O)c2ccccc12.NC(=O)c1ccc(O)c(Cl)c1. The number of primary amides is 1. The molecule has 0 saturated carbocycles. The number of carbonyl (C=O) groups is 1. The molecule has 0 aliphatic rings. The van der Waals surface area contributed by atoms with Crippen LogP contribution in [0.5, 0.6) is 11.5 Å². The molecule has 0 atom stereocenters. The van der Waals surface area contributed by atoms with E-state index in [4.69, 9.17) is 27.9 Å². The van der Waals surface area contributed by atoms with E-state index in [1.54, 1.807) is 12.1 Å². The quantitative estimate of drug-likeness (QED) is 0.209. The number of halogens is 4. The Morgan fingerprint density at radius 3 is 2.07 bits per heavy atom. The van der Waals surface area contributed by atoms with E-state index in [1.807, 2.05) is 24.3 Å². The topological polar surface area (TPSA) is 117 Å². The van der Waals surface area contributed by atoms with Crippen molar-refractivity contribution in [1.29, 1.82) is 5.41 Å². The van der Waals surface area contributed by atoms with Gasteiger partial charge in [-0.1, -0.05) is 35.9 Å². The lowest BCUT2D eigenvalue weighted by Gasteiger charge is -2.02. The van der Waals surface area contributed by atoms with Crippen molar-refractivity contribution in [3.05, 3.63) is 70.7 Å². The molecule has 3 aromatic carbocycles. The third-order valence-electron chi connectivity index (χ3n) is 3.43. The molecule has 3 aromatic rings. The molecule has 0 aliphatic heterocycles. The van der Waals surface area contributed by atoms with Gasteiger partial charge in [0.1, 0.15) is 11.5 Å². The first-order valence-electron chi connectivity index (χ1n) is 7.89. The van der Waals surface area contributed by atoms with Gasteiger partial charge in [0.15, 0.2) is 0 Å². The molecular weight excluding hydrogens is 445 g/mol. The molecule has 0 unspecified atom stereocenters. The Labute approximate surface area is 179 Å². The molecule has 0 saturated heterocycles. The molecule has 6 nitrogen and oxygen atoms in total. The van der Waals surface area contributed by atoms with Crippen LogP contribution < -0.4 is 5.73 Å². The Bertz CT molecular complexity index is 1030. The van der Waals surface area contributed by atoms with E-state index in [1.165, 1.54) is 24.4 Å². The number of nitrogens with one attached hydrogen (secondary N) is 1. The normalized spacial score (nSPS) is 10.3. The summed E-state index contributed by atoms with van der Waals surface area (Å²) in [6, 6.07) is 14.9. The number of alkyl halides is 3. The largest absolute Gasteiger partial charge is 0.533 e. The lowest BCUT2D eigenvalue weighted by molar-refractivity contribution is -0.265. The summed E-state index contributed by atoms with van der Waals surface area (Å²) in [4.78, 5) is 10.5. The van der Waals surface area contributed by atoms with Gasteiger partial charge in [0.05, 0.1) is 5.02 Å². The molecule has 0 radical (unpaired) electrons. The van der Waals surface area contributed by atoms with Crippen molar-refractivity contribution in [1.82, 2.24) is 0 Å². The number of carbonyl (C=O) groups excluding carboxylic acids is 1. The molecule has 3 rings (SSSR count). The number of hydrogen-bond acceptors (Lipinski definition) is 6. The number of benzene rings is 3. The highest BCUT2D eigenvalue weighted by molar-refractivity contribution is 7.75. The second-order valence-electron chi connectivity index (χ2n) is 5.43. The van der Waals surface area contributed by atoms with Gasteiger partial charge in [-0.05, 0) is 48.6 Å². The monoisotopic (exact) mass is 460 g/mol. The Kier molecular flexibility index (Phi) is 9.44. The van der Waals surface area contributed by atoms with Gasteiger partial charge in [0, 0.05) is 22.7 Å². The average Bonchev–Trinajstić information content (AvgIpc) is 2.71. The molecule has 5 N–H and O–H groups in total. The molecule has 1 amide bonds. The molecule has 11 heteroatoms. The van der Waals surface area contributed by atoms with Crippen molar-refractivity contribution < 1.29 is 32.4 Å². The first-order valence-corrected chi connectivity index (χ1v) is 8.63. The standard InChI is InChI=1S/C11H9NO.C7H6ClNO2.CHF3OS/c12-7-8-5-6-11(13)10-4-2-1-3-9(8)10;8-5-3-4(7(9)11)1-2-6(5)10;2-1(3,4)5-6/h1-7,12-13H;1-3,10H,(H2,9,11);6H. The predicted molar refractivity (Wildman–Crippen MR) is 111 cm³/mol. The third-order valence-corrected chi connectivity index (χ3v) is 3.94. The number of thiol groups is 1. The minimum absolute atomic E-state index is 0.0586. The highest BCUT2D eigenvalue weighted by Gasteiger charge is 2.27. The van der Waals surface area contributed by atoms with Gasteiger partial charge < -0.3 is 21.4 Å². The molecule has 0 heterocycles. The highest BCUT2D eigenvalue weighted by Crippen LogP contribution is 2.26. The minimum atomic E-state index is -4.59. The number of amides is 1. The lowest BCUT2D eigenvalue weighted by atomic mass is 10.0. The van der Waals surface area contributed by atoms with E-state index < -0.39 is 12.3 Å². The van der Waals surface area contributed by atoms with Crippen molar-refractivity contribution in [2.75, 3.05) is 0 Å². The molecule has 30 heavy (non-hydrogen) atoms. The first-order chi connectivity index (χ1) is 14.0. The molecule has 0 bridgehead atoms. The van der Waals surface area contributed by atoms with Gasteiger partial charge in [-0.25, -0.2) is 4.18 Å². The molecule has 0 aromatic heterocycles. The fraction of sp³-hybridized carbons (Fsp3) is 0.0526. The van der Waals surface area contributed by atoms with E-state index >= 15 is 0 Å². The average molecular weight is 461 g/mol. The van der Waals surface area contributed by atoms with Crippen LogP contribution in [0, 0.1) is 5.41 Å². The summed E-state index contributed by atoms with van der Waals surface area (Å²) in [6.45, 7) is 0. The minimum Gasteiger partial charge on any atom is -0.507 e. The number of aromatic hydroxyl groups is 2. The number of fused-ring (bicyclic) bond motifs is 1. The van der Waals surface area contributed by atoms with Crippen molar-refractivity contribution in [2.45, 2.75) is 6.36 Å². The first kappa shape index (κ1) is 25.1. The number of phenols is 2. The van der Waals surface area contributed by atoms with Gasteiger partial charge in [-0.2, -0.15) is 0 Å². The maximum atomic E-state index is 10.5. The van der Waals surface area contributed by atoms with Crippen LogP contribution in [0.15, 0.2) is 54.6 Å². The summed E-state index contributed by atoms with van der Waals surface area (Å²) in [5, 5.41) is 27.5. The summed E-state index contributed by atoms with van der Waals surface area (Å²) < 4.78 is 34.1. The van der Waals surface area contributed by atoms with Gasteiger partial charge in [-0.15, -0.1) is 13.2 Å². The van der Waals surface area contributed by atoms with Crippen molar-refractivity contribution >= 4 is 47.4 Å². The highest BCUT2D eigenvalue weighted by atomic mass is 35.5. The maximum absolute atomic E-state index is 10.5. The summed E-state index contributed by atoms with van der Waals surface area (Å²) in [6.07, 6.45) is -3.30. The van der Waals surface area contributed by atoms with Crippen LogP contribution in [-0.4, -0.2) is 28.7 Å². The molecular formula is C19H16ClF3N2O4S. The van der Waals surface area contributed by atoms with Gasteiger partial charge in [0.25, 0.3) is 0 Å². The number of phenolic OH excluding ortho intramolecular Hbond substituents is 2. The number of nitrogens with two attached hydrogens (primary N) is 1. The van der Waals surface area contributed by atoms with Gasteiger partial charge in [0.2, 0.25) is 5.91 Å². The fourth-order valence-electron chi connectivity index (χ4n) is 2.09. The Morgan fingerprint density at radius 1 is 1.07 bits per heavy atom. The Morgan fingerprint density at radius 2 is 1.60 bits per heavy atom. The summed E-state index contributed by atoms with van der Waals surface area (Å²) in [7, 11) is 0. The van der Waals surface area contributed by atoms with Crippen LogP contribution in [-0.2, 0) is 4.18 Å². The van der Waals surface area contributed by atoms with Crippen LogP contribution >= 0.6 is 24.5 Å². The number of rotatable bonds is 2. The fourth-order valence-corrected chi connectivity index (χ4v) is 2.27. The lowest BCUT2D eigenvalue weighted by Crippen LogP contribution is -2.10. The zero-order valence-electron chi connectivity index (χ0n) is 15.0. The smallest absolute Gasteiger partial charge is 0.507 e. The van der Waals surface area contributed by atoms with Crippen LogP contribution in [0.4, 0.5) is 13.2 Å². The van der Waals surface area contributed by atoms with Crippen molar-refractivity contribution in [3.63, 3.8) is 0 Å². The summed E-state index contributed by atoms with van der Waals surface area (Å²) in [5.41, 5.74) is 6.07. The molecule has 160 valence electrons. The van der Waals surface area contributed by atoms with Gasteiger partial charge >= 0.3 is 6.36 Å². The Balaban J connectivity index is 0.000000242. The maximum Gasteiger partial charge on any atom is 0.533 e. The van der Waals surface area contributed by atoms with Gasteiger partial charge in [-0.3, -0.25) is 4.79 Å². The second kappa shape index (κ2) is 11.3. The van der Waals surface area contributed by atoms with E-state index in [2.05, 4.69) is 17.1 Å². The molecule has 0 spiro atoms. The van der Waals surface area contributed by atoms with Crippen LogP contribution in [0.2, 0.25) is 5.02 Å². The van der Waals surface area contributed by atoms with Crippen molar-refractivity contribution in [3.8, 4) is 11.5 Å². The van der Waals surface area contributed by atoms with Crippen LogP contribution in [0.1, 0.15) is 15.9 Å². The van der Waals surface area contributed by atoms with E-state index in [0.29, 0.717) is 0 Å². The van der Waals surface area contributed by atoms with Crippen LogP contribution in [0.25, 0.3) is 10.8 Å². The van der Waals surface area contributed by atoms with E-state index in [-0.39, 0.29) is 22.1 Å². The molecule has 0 aliphatic carbocycles. The second-order valence-corrected chi connectivity index (χ2v) is 6.02. The molecule has 0 fully saturated rings. The summed E-state index contributed by atoms with van der Waals surface area (Å²) >= 11 is 7.98. The number of hydrogen-bond donors (Lipinski definition) is 5. The van der Waals surface area contributed by atoms with E-state index in [0.717, 1.165) is 16.3 Å².